The molecule has 0 amide bonds. The number of hydrogen-bond donors (Lipinski definition) is 0. The molecular weight excluding hydrogens is 575 g/mol. The van der Waals surface area contributed by atoms with Crippen molar-refractivity contribution in [3.8, 4) is 22.8 Å². The van der Waals surface area contributed by atoms with E-state index in [1.807, 2.05) is 0 Å². The molecule has 206 valence electrons. The van der Waals surface area contributed by atoms with Gasteiger partial charge in [-0.25, -0.2) is 9.79 Å². The van der Waals surface area contributed by atoms with Crippen molar-refractivity contribution in [1.82, 2.24) is 4.57 Å². The molecule has 4 aromatic rings. The molecule has 1 atom stereocenters. The zero-order valence-electron chi connectivity index (χ0n) is 22.0. The number of fused-ring (bicyclic) bond motifs is 1. The maximum Gasteiger partial charge on any atom is 0.338 e. The number of halogens is 2. The van der Waals surface area contributed by atoms with Crippen molar-refractivity contribution in [1.29, 1.82) is 0 Å². The van der Waals surface area contributed by atoms with Gasteiger partial charge in [-0.15, -0.1) is 0 Å². The fourth-order valence-corrected chi connectivity index (χ4v) is 6.05. The standard InChI is InChI=1S/C29H24Cl2N2O6S/c1-5-38-28(35)25-15(2)32-29-33(26(25)20-10-7-17(36-3)13-23(20)37-4)27(34)24(40-29)14-18-8-11-22(39-18)19-9-6-16(30)12-21(19)31/h6-14,26H,5H2,1-4H3/b24-14-/t26-/m0/s1. The van der Waals surface area contributed by atoms with Crippen LogP contribution >= 0.6 is 34.5 Å². The Morgan fingerprint density at radius 3 is 2.62 bits per heavy atom. The molecule has 0 saturated heterocycles. The highest BCUT2D eigenvalue weighted by molar-refractivity contribution is 7.07. The average Bonchev–Trinajstić information content (AvgIpc) is 3.51. The van der Waals surface area contributed by atoms with Gasteiger partial charge >= 0.3 is 5.97 Å². The summed E-state index contributed by atoms with van der Waals surface area (Å²) in [7, 11) is 3.07. The summed E-state index contributed by atoms with van der Waals surface area (Å²) in [5.74, 6) is 1.44. The molecule has 0 fully saturated rings. The van der Waals surface area contributed by atoms with Gasteiger partial charge in [0.2, 0.25) is 0 Å². The number of nitrogens with zero attached hydrogens (tertiary/aromatic N) is 2. The van der Waals surface area contributed by atoms with Crippen LogP contribution in [-0.4, -0.2) is 31.4 Å². The first-order valence-electron chi connectivity index (χ1n) is 12.2. The van der Waals surface area contributed by atoms with Crippen LogP contribution in [0.15, 0.2) is 74.0 Å². The van der Waals surface area contributed by atoms with Gasteiger partial charge in [0.1, 0.15) is 29.1 Å². The number of furan rings is 1. The van der Waals surface area contributed by atoms with E-state index in [2.05, 4.69) is 4.99 Å². The Balaban J connectivity index is 1.67. The van der Waals surface area contributed by atoms with Crippen molar-refractivity contribution in [2.75, 3.05) is 20.8 Å². The number of carbonyl (C=O) groups is 1. The maximum atomic E-state index is 13.9. The Kier molecular flexibility index (Phi) is 7.89. The summed E-state index contributed by atoms with van der Waals surface area (Å²) in [6.07, 6.45) is 1.64. The third kappa shape index (κ3) is 5.08. The third-order valence-electron chi connectivity index (χ3n) is 6.35. The minimum Gasteiger partial charge on any atom is -0.497 e. The second-order valence-corrected chi connectivity index (χ2v) is 10.6. The minimum absolute atomic E-state index is 0.172. The molecule has 0 saturated carbocycles. The summed E-state index contributed by atoms with van der Waals surface area (Å²) in [5, 5.41) is 0.963. The SMILES string of the molecule is CCOC(=O)C1=C(C)N=c2s/c(=C\c3ccc(-c4ccc(Cl)cc4Cl)o3)c(=O)n2[C@H]1c1ccc(OC)cc1OC. The van der Waals surface area contributed by atoms with Gasteiger partial charge < -0.3 is 18.6 Å². The smallest absolute Gasteiger partial charge is 0.338 e. The number of hydrogen-bond acceptors (Lipinski definition) is 8. The first-order valence-corrected chi connectivity index (χ1v) is 13.8. The quantitative estimate of drug-likeness (QED) is 0.265. The van der Waals surface area contributed by atoms with Crippen LogP contribution in [0.5, 0.6) is 11.5 Å². The molecule has 3 heterocycles. The van der Waals surface area contributed by atoms with Crippen LogP contribution in [0.25, 0.3) is 17.4 Å². The van der Waals surface area contributed by atoms with Gasteiger partial charge in [0.25, 0.3) is 5.56 Å². The van der Waals surface area contributed by atoms with Gasteiger partial charge in [0.15, 0.2) is 4.80 Å². The Labute approximate surface area is 243 Å². The molecule has 0 bridgehead atoms. The summed E-state index contributed by atoms with van der Waals surface area (Å²) in [4.78, 5) is 32.1. The van der Waals surface area contributed by atoms with Crippen molar-refractivity contribution < 1.29 is 23.4 Å². The van der Waals surface area contributed by atoms with Crippen LogP contribution in [0, 0.1) is 0 Å². The molecule has 40 heavy (non-hydrogen) atoms. The molecule has 2 aromatic heterocycles. The van der Waals surface area contributed by atoms with E-state index in [0.29, 0.717) is 59.2 Å². The Morgan fingerprint density at radius 2 is 1.93 bits per heavy atom. The van der Waals surface area contributed by atoms with E-state index in [-0.39, 0.29) is 17.7 Å². The number of benzene rings is 2. The molecule has 0 radical (unpaired) electrons. The maximum absolute atomic E-state index is 13.9. The van der Waals surface area contributed by atoms with Crippen molar-refractivity contribution >= 4 is 46.6 Å². The van der Waals surface area contributed by atoms with E-state index in [0.717, 1.165) is 0 Å². The first-order chi connectivity index (χ1) is 19.2. The minimum atomic E-state index is -0.835. The fraction of sp³-hybridized carbons (Fsp3) is 0.207. The summed E-state index contributed by atoms with van der Waals surface area (Å²) in [5.41, 5.74) is 1.62. The van der Waals surface area contributed by atoms with E-state index >= 15 is 0 Å². The van der Waals surface area contributed by atoms with Crippen LogP contribution in [0.4, 0.5) is 0 Å². The Hall–Kier alpha value is -3.79. The predicted octanol–water partition coefficient (Wildman–Crippen LogP) is 5.38. The summed E-state index contributed by atoms with van der Waals surface area (Å²) >= 11 is 13.6. The number of carbonyl (C=O) groups excluding carboxylic acids is 1. The number of rotatable bonds is 7. The Morgan fingerprint density at radius 1 is 1.12 bits per heavy atom. The largest absolute Gasteiger partial charge is 0.497 e. The molecule has 5 rings (SSSR count). The molecule has 11 heteroatoms. The number of aromatic nitrogens is 1. The predicted molar refractivity (Wildman–Crippen MR) is 154 cm³/mol. The fourth-order valence-electron chi connectivity index (χ4n) is 4.52. The van der Waals surface area contributed by atoms with E-state index in [1.54, 1.807) is 75.6 Å². The van der Waals surface area contributed by atoms with E-state index in [4.69, 9.17) is 41.8 Å². The van der Waals surface area contributed by atoms with E-state index in [1.165, 1.54) is 23.0 Å². The van der Waals surface area contributed by atoms with Crippen molar-refractivity contribution in [2.24, 2.45) is 4.99 Å². The lowest BCUT2D eigenvalue weighted by molar-refractivity contribution is -0.139. The van der Waals surface area contributed by atoms with Gasteiger partial charge in [0, 0.05) is 28.3 Å². The lowest BCUT2D eigenvalue weighted by Crippen LogP contribution is -2.40. The molecule has 2 aromatic carbocycles. The summed E-state index contributed by atoms with van der Waals surface area (Å²) in [6, 6.07) is 13.0. The van der Waals surface area contributed by atoms with Gasteiger partial charge in [0.05, 0.1) is 41.7 Å². The van der Waals surface area contributed by atoms with Crippen LogP contribution < -0.4 is 24.4 Å². The van der Waals surface area contributed by atoms with E-state index in [9.17, 15) is 9.59 Å². The van der Waals surface area contributed by atoms with Crippen molar-refractivity contribution in [2.45, 2.75) is 19.9 Å². The van der Waals surface area contributed by atoms with Crippen molar-refractivity contribution in [3.05, 3.63) is 101 Å². The highest BCUT2D eigenvalue weighted by Gasteiger charge is 2.35. The molecule has 1 aliphatic rings. The van der Waals surface area contributed by atoms with Gasteiger partial charge in [-0.1, -0.05) is 34.5 Å². The number of ether oxygens (including phenoxy) is 3. The topological polar surface area (TPSA) is 92.3 Å². The summed E-state index contributed by atoms with van der Waals surface area (Å²) < 4.78 is 24.2. The van der Waals surface area contributed by atoms with Crippen LogP contribution in [0.2, 0.25) is 10.0 Å². The number of esters is 1. The van der Waals surface area contributed by atoms with Crippen molar-refractivity contribution in [3.63, 3.8) is 0 Å². The number of methoxy groups -OCH3 is 2. The second-order valence-electron chi connectivity index (χ2n) is 8.74. The van der Waals surface area contributed by atoms with E-state index < -0.39 is 12.0 Å². The zero-order chi connectivity index (χ0) is 28.6. The monoisotopic (exact) mass is 598 g/mol. The average molecular weight is 599 g/mol. The summed E-state index contributed by atoms with van der Waals surface area (Å²) in [6.45, 7) is 3.62. The third-order valence-corrected chi connectivity index (χ3v) is 7.88. The highest BCUT2D eigenvalue weighted by atomic mass is 35.5. The van der Waals surface area contributed by atoms with Crippen LogP contribution in [0.3, 0.4) is 0 Å². The second kappa shape index (κ2) is 11.4. The number of allylic oxidation sites excluding steroid dienone is 1. The molecule has 1 aliphatic heterocycles. The van der Waals surface area contributed by atoms with Gasteiger partial charge in [-0.2, -0.15) is 0 Å². The first kappa shape index (κ1) is 27.8. The zero-order valence-corrected chi connectivity index (χ0v) is 24.3. The molecule has 0 N–H and O–H groups in total. The molecule has 0 spiro atoms. The highest BCUT2D eigenvalue weighted by Crippen LogP contribution is 2.38. The molecule has 0 aliphatic carbocycles. The van der Waals surface area contributed by atoms with Crippen LogP contribution in [-0.2, 0) is 9.53 Å². The normalized spacial score (nSPS) is 15.1. The lowest BCUT2D eigenvalue weighted by atomic mass is 9.95. The van der Waals surface area contributed by atoms with Gasteiger partial charge in [-0.3, -0.25) is 9.36 Å². The van der Waals surface area contributed by atoms with Crippen LogP contribution in [0.1, 0.15) is 31.2 Å². The lowest BCUT2D eigenvalue weighted by Gasteiger charge is -2.26. The Bertz CT molecular complexity index is 1840. The molecule has 8 nitrogen and oxygen atoms in total. The van der Waals surface area contributed by atoms with Gasteiger partial charge in [-0.05, 0) is 56.3 Å². The molecular formula is C29H24Cl2N2O6S. The number of thiazole rings is 1. The molecule has 0 unspecified atom stereocenters.